The van der Waals surface area contributed by atoms with Crippen molar-refractivity contribution >= 4 is 0 Å². The van der Waals surface area contributed by atoms with E-state index in [0.29, 0.717) is 0 Å². The van der Waals surface area contributed by atoms with Crippen LogP contribution >= 0.6 is 0 Å². The maximum Gasteiger partial charge on any atom is 0.00960 e. The van der Waals surface area contributed by atoms with Crippen LogP contribution < -0.4 is 5.32 Å². The van der Waals surface area contributed by atoms with E-state index in [1.807, 2.05) is 0 Å². The van der Waals surface area contributed by atoms with Gasteiger partial charge in [0.2, 0.25) is 0 Å². The average Bonchev–Trinajstić information content (AvgIpc) is 2.70. The molecule has 0 radical (unpaired) electrons. The zero-order valence-corrected chi connectivity index (χ0v) is 10.6. The molecule has 1 fully saturated rings. The lowest BCUT2D eigenvalue weighted by Gasteiger charge is -2.22. The SMILES string of the molecule is CCCCNCCC[C@H]1CCCN1CC. The quantitative estimate of drug-likeness (QED) is 0.622. The van der Waals surface area contributed by atoms with Gasteiger partial charge in [-0.3, -0.25) is 0 Å². The molecule has 1 rings (SSSR count). The summed E-state index contributed by atoms with van der Waals surface area (Å²) in [6.07, 6.45) is 8.23. The molecule has 90 valence electrons. The third kappa shape index (κ3) is 4.98. The van der Waals surface area contributed by atoms with E-state index in [-0.39, 0.29) is 0 Å². The third-order valence-electron chi connectivity index (χ3n) is 3.50. The zero-order chi connectivity index (χ0) is 10.9. The van der Waals surface area contributed by atoms with Gasteiger partial charge in [-0.15, -0.1) is 0 Å². The normalized spacial score (nSPS) is 22.4. The van der Waals surface area contributed by atoms with E-state index in [1.54, 1.807) is 0 Å². The summed E-state index contributed by atoms with van der Waals surface area (Å²) in [6.45, 7) is 9.54. The van der Waals surface area contributed by atoms with Crippen molar-refractivity contribution in [2.45, 2.75) is 58.4 Å². The average molecular weight is 212 g/mol. The van der Waals surface area contributed by atoms with Crippen LogP contribution in [0.25, 0.3) is 0 Å². The zero-order valence-electron chi connectivity index (χ0n) is 10.6. The fourth-order valence-electron chi connectivity index (χ4n) is 2.53. The van der Waals surface area contributed by atoms with Crippen LogP contribution in [-0.2, 0) is 0 Å². The topological polar surface area (TPSA) is 15.3 Å². The Bertz CT molecular complexity index is 147. The first kappa shape index (κ1) is 13.0. The number of likely N-dealkylation sites (tertiary alicyclic amines) is 1. The van der Waals surface area contributed by atoms with Crippen LogP contribution in [0, 0.1) is 0 Å². The summed E-state index contributed by atoms with van der Waals surface area (Å²) in [4.78, 5) is 2.64. The van der Waals surface area contributed by atoms with E-state index in [0.717, 1.165) is 6.04 Å². The molecule has 2 heteroatoms. The van der Waals surface area contributed by atoms with Crippen molar-refractivity contribution in [3.63, 3.8) is 0 Å². The molecular formula is C13H28N2. The van der Waals surface area contributed by atoms with Gasteiger partial charge in [0, 0.05) is 6.04 Å². The standard InChI is InChI=1S/C13H28N2/c1-3-5-10-14-11-6-8-13-9-7-12-15(13)4-2/h13-14H,3-12H2,1-2H3/t13-/m0/s1. The van der Waals surface area contributed by atoms with Crippen LogP contribution in [0.4, 0.5) is 0 Å². The Balaban J connectivity index is 1.95. The molecule has 0 amide bonds. The number of unbranched alkanes of at least 4 members (excludes halogenated alkanes) is 1. The van der Waals surface area contributed by atoms with E-state index in [4.69, 9.17) is 0 Å². The number of nitrogens with zero attached hydrogens (tertiary/aromatic N) is 1. The summed E-state index contributed by atoms with van der Waals surface area (Å²) in [7, 11) is 0. The molecule has 1 saturated heterocycles. The Labute approximate surface area is 95.4 Å². The molecule has 1 atom stereocenters. The molecule has 0 aliphatic carbocycles. The van der Waals surface area contributed by atoms with Gasteiger partial charge in [-0.05, 0) is 58.3 Å². The molecule has 1 aliphatic heterocycles. The van der Waals surface area contributed by atoms with Crippen molar-refractivity contribution in [1.29, 1.82) is 0 Å². The highest BCUT2D eigenvalue weighted by atomic mass is 15.2. The van der Waals surface area contributed by atoms with Crippen molar-refractivity contribution in [2.75, 3.05) is 26.2 Å². The molecule has 0 aromatic carbocycles. The molecule has 1 heterocycles. The number of hydrogen-bond donors (Lipinski definition) is 1. The van der Waals surface area contributed by atoms with Crippen LogP contribution in [-0.4, -0.2) is 37.1 Å². The molecular weight excluding hydrogens is 184 g/mol. The minimum Gasteiger partial charge on any atom is -0.317 e. The Morgan fingerprint density at radius 1 is 1.20 bits per heavy atom. The summed E-state index contributed by atoms with van der Waals surface area (Å²) >= 11 is 0. The highest BCUT2D eigenvalue weighted by Gasteiger charge is 2.21. The first-order valence-corrected chi connectivity index (χ1v) is 6.83. The molecule has 1 N–H and O–H groups in total. The Morgan fingerprint density at radius 3 is 2.73 bits per heavy atom. The minimum atomic E-state index is 0.892. The number of rotatable bonds is 8. The molecule has 0 aromatic heterocycles. The van der Waals surface area contributed by atoms with Gasteiger partial charge >= 0.3 is 0 Å². The van der Waals surface area contributed by atoms with Crippen LogP contribution in [0.5, 0.6) is 0 Å². The van der Waals surface area contributed by atoms with E-state index in [2.05, 4.69) is 24.1 Å². The van der Waals surface area contributed by atoms with Crippen molar-refractivity contribution in [1.82, 2.24) is 10.2 Å². The van der Waals surface area contributed by atoms with Gasteiger partial charge in [0.1, 0.15) is 0 Å². The second-order valence-corrected chi connectivity index (χ2v) is 4.67. The molecule has 0 aromatic rings. The number of hydrogen-bond acceptors (Lipinski definition) is 2. The Morgan fingerprint density at radius 2 is 2.00 bits per heavy atom. The van der Waals surface area contributed by atoms with Gasteiger partial charge in [-0.25, -0.2) is 0 Å². The van der Waals surface area contributed by atoms with Gasteiger partial charge in [-0.1, -0.05) is 20.3 Å². The highest BCUT2D eigenvalue weighted by Crippen LogP contribution is 2.20. The van der Waals surface area contributed by atoms with Gasteiger partial charge in [0.05, 0.1) is 0 Å². The van der Waals surface area contributed by atoms with Crippen molar-refractivity contribution < 1.29 is 0 Å². The van der Waals surface area contributed by atoms with Gasteiger partial charge in [0.15, 0.2) is 0 Å². The fraction of sp³-hybridized carbons (Fsp3) is 1.00. The minimum absolute atomic E-state index is 0.892. The highest BCUT2D eigenvalue weighted by molar-refractivity contribution is 4.78. The summed E-state index contributed by atoms with van der Waals surface area (Å²) < 4.78 is 0. The Hall–Kier alpha value is -0.0800. The van der Waals surface area contributed by atoms with E-state index in [1.165, 1.54) is 64.7 Å². The van der Waals surface area contributed by atoms with Crippen molar-refractivity contribution in [3.05, 3.63) is 0 Å². The van der Waals surface area contributed by atoms with Crippen molar-refractivity contribution in [3.8, 4) is 0 Å². The maximum absolute atomic E-state index is 3.52. The van der Waals surface area contributed by atoms with E-state index in [9.17, 15) is 0 Å². The molecule has 0 spiro atoms. The van der Waals surface area contributed by atoms with Crippen LogP contribution in [0.2, 0.25) is 0 Å². The third-order valence-corrected chi connectivity index (χ3v) is 3.50. The van der Waals surface area contributed by atoms with Crippen LogP contribution in [0.15, 0.2) is 0 Å². The Kier molecular flexibility index (Phi) is 7.03. The second kappa shape index (κ2) is 8.12. The smallest absolute Gasteiger partial charge is 0.00960 e. The molecule has 1 aliphatic rings. The monoisotopic (exact) mass is 212 g/mol. The first-order valence-electron chi connectivity index (χ1n) is 6.83. The lowest BCUT2D eigenvalue weighted by Crippen LogP contribution is -2.30. The van der Waals surface area contributed by atoms with Crippen molar-refractivity contribution in [2.24, 2.45) is 0 Å². The molecule has 2 nitrogen and oxygen atoms in total. The maximum atomic E-state index is 3.52. The first-order chi connectivity index (χ1) is 7.38. The van der Waals surface area contributed by atoms with Crippen LogP contribution in [0.1, 0.15) is 52.4 Å². The van der Waals surface area contributed by atoms with Gasteiger partial charge < -0.3 is 10.2 Å². The van der Waals surface area contributed by atoms with E-state index < -0.39 is 0 Å². The lowest BCUT2D eigenvalue weighted by atomic mass is 10.1. The predicted molar refractivity (Wildman–Crippen MR) is 67.3 cm³/mol. The van der Waals surface area contributed by atoms with Gasteiger partial charge in [0.25, 0.3) is 0 Å². The summed E-state index contributed by atoms with van der Waals surface area (Å²) in [5.41, 5.74) is 0. The van der Waals surface area contributed by atoms with Gasteiger partial charge in [-0.2, -0.15) is 0 Å². The molecule has 0 saturated carbocycles. The predicted octanol–water partition coefficient (Wildman–Crippen LogP) is 2.64. The van der Waals surface area contributed by atoms with E-state index >= 15 is 0 Å². The molecule has 0 unspecified atom stereocenters. The number of nitrogens with one attached hydrogen (secondary N) is 1. The lowest BCUT2D eigenvalue weighted by molar-refractivity contribution is 0.251. The summed E-state index contributed by atoms with van der Waals surface area (Å²) in [6, 6.07) is 0.892. The molecule has 15 heavy (non-hydrogen) atoms. The largest absolute Gasteiger partial charge is 0.317 e. The second-order valence-electron chi connectivity index (χ2n) is 4.67. The summed E-state index contributed by atoms with van der Waals surface area (Å²) in [5, 5.41) is 3.52. The van der Waals surface area contributed by atoms with Crippen LogP contribution in [0.3, 0.4) is 0 Å². The molecule has 0 bridgehead atoms. The summed E-state index contributed by atoms with van der Waals surface area (Å²) in [5.74, 6) is 0. The fourth-order valence-corrected chi connectivity index (χ4v) is 2.53.